The highest BCUT2D eigenvalue weighted by molar-refractivity contribution is 9.10. The minimum atomic E-state index is -3.84. The molecule has 0 aliphatic carbocycles. The molecule has 3 aromatic carbocycles. The Labute approximate surface area is 195 Å². The lowest BCUT2D eigenvalue weighted by atomic mass is 10.0. The minimum absolute atomic E-state index is 0.0951. The molecule has 3 aromatic rings. The highest BCUT2D eigenvalue weighted by Gasteiger charge is 2.23. The zero-order chi connectivity index (χ0) is 23.1. The third-order valence-corrected chi connectivity index (χ3v) is 6.72. The fourth-order valence-electron chi connectivity index (χ4n) is 2.90. The van der Waals surface area contributed by atoms with Gasteiger partial charge in [0.15, 0.2) is 0 Å². The lowest BCUT2D eigenvalue weighted by molar-refractivity contribution is -0.121. The number of hydrogen-bond acceptors (Lipinski definition) is 5. The predicted octanol–water partition coefficient (Wildman–Crippen LogP) is 4.02. The molecule has 0 spiro atoms. The molecule has 1 atom stereocenters. The topological polar surface area (TPSA) is 108 Å². The summed E-state index contributed by atoms with van der Waals surface area (Å²) in [6, 6.07) is 19.4. The number of phenols is 1. The SMILES string of the molecule is Cc1ccc(S(=O)(=O)NC(CC(=O)N/N=C/c2ccc(O)c(Br)c2)c2ccccc2)cc1. The van der Waals surface area contributed by atoms with Crippen molar-refractivity contribution >= 4 is 38.1 Å². The van der Waals surface area contributed by atoms with Crippen LogP contribution in [0.3, 0.4) is 0 Å². The third kappa shape index (κ3) is 6.49. The number of carbonyl (C=O) groups is 1. The number of sulfonamides is 1. The summed E-state index contributed by atoms with van der Waals surface area (Å²) in [6.45, 7) is 1.87. The van der Waals surface area contributed by atoms with E-state index in [2.05, 4.69) is 31.2 Å². The number of hydrogen-bond donors (Lipinski definition) is 3. The van der Waals surface area contributed by atoms with Crippen molar-refractivity contribution in [3.8, 4) is 5.75 Å². The Hall–Kier alpha value is -3.01. The van der Waals surface area contributed by atoms with Gasteiger partial charge < -0.3 is 5.11 Å². The largest absolute Gasteiger partial charge is 0.507 e. The first kappa shape index (κ1) is 23.6. The fourth-order valence-corrected chi connectivity index (χ4v) is 4.52. The first-order valence-corrected chi connectivity index (χ1v) is 12.0. The molecule has 0 heterocycles. The van der Waals surface area contributed by atoms with Crippen LogP contribution in [0.25, 0.3) is 0 Å². The molecule has 0 saturated carbocycles. The summed E-state index contributed by atoms with van der Waals surface area (Å²) in [7, 11) is -3.84. The maximum absolute atomic E-state index is 12.9. The molecule has 32 heavy (non-hydrogen) atoms. The average molecular weight is 516 g/mol. The molecule has 0 bridgehead atoms. The van der Waals surface area contributed by atoms with E-state index in [1.807, 2.05) is 13.0 Å². The van der Waals surface area contributed by atoms with Gasteiger partial charge in [-0.2, -0.15) is 5.10 Å². The van der Waals surface area contributed by atoms with Gasteiger partial charge in [-0.25, -0.2) is 18.6 Å². The maximum Gasteiger partial charge on any atom is 0.242 e. The summed E-state index contributed by atoms with van der Waals surface area (Å²) in [4.78, 5) is 12.6. The molecule has 1 unspecified atom stereocenters. The van der Waals surface area contributed by atoms with E-state index in [1.54, 1.807) is 48.5 Å². The van der Waals surface area contributed by atoms with Crippen LogP contribution in [0.1, 0.15) is 29.2 Å². The van der Waals surface area contributed by atoms with Gasteiger partial charge in [-0.05, 0) is 64.3 Å². The van der Waals surface area contributed by atoms with E-state index in [0.29, 0.717) is 15.6 Å². The molecule has 166 valence electrons. The smallest absolute Gasteiger partial charge is 0.242 e. The lowest BCUT2D eigenvalue weighted by Gasteiger charge is -2.18. The number of halogens is 1. The highest BCUT2D eigenvalue weighted by atomic mass is 79.9. The third-order valence-electron chi connectivity index (χ3n) is 4.59. The number of hydrazone groups is 1. The van der Waals surface area contributed by atoms with E-state index in [4.69, 9.17) is 0 Å². The Morgan fingerprint density at radius 2 is 1.78 bits per heavy atom. The van der Waals surface area contributed by atoms with Crippen LogP contribution in [0, 0.1) is 6.92 Å². The zero-order valence-electron chi connectivity index (χ0n) is 17.2. The normalized spacial score (nSPS) is 12.6. The quantitative estimate of drug-likeness (QED) is 0.311. The molecule has 0 aliphatic rings. The van der Waals surface area contributed by atoms with Crippen molar-refractivity contribution in [1.82, 2.24) is 10.1 Å². The van der Waals surface area contributed by atoms with Crippen molar-refractivity contribution in [3.05, 3.63) is 94.0 Å². The molecule has 0 aromatic heterocycles. The number of aromatic hydroxyl groups is 1. The predicted molar refractivity (Wildman–Crippen MR) is 127 cm³/mol. The van der Waals surface area contributed by atoms with E-state index in [1.165, 1.54) is 24.4 Å². The highest BCUT2D eigenvalue weighted by Crippen LogP contribution is 2.23. The van der Waals surface area contributed by atoms with Crippen LogP contribution >= 0.6 is 15.9 Å². The maximum atomic E-state index is 12.9. The second kappa shape index (κ2) is 10.5. The van der Waals surface area contributed by atoms with E-state index < -0.39 is 22.0 Å². The van der Waals surface area contributed by atoms with E-state index in [9.17, 15) is 18.3 Å². The van der Waals surface area contributed by atoms with Crippen molar-refractivity contribution in [3.63, 3.8) is 0 Å². The molecule has 7 nitrogen and oxygen atoms in total. The zero-order valence-corrected chi connectivity index (χ0v) is 19.6. The number of carbonyl (C=O) groups excluding carboxylic acids is 1. The summed E-state index contributed by atoms with van der Waals surface area (Å²) in [5.41, 5.74) is 4.68. The van der Waals surface area contributed by atoms with Crippen LogP contribution in [0.2, 0.25) is 0 Å². The molecule has 3 N–H and O–H groups in total. The van der Waals surface area contributed by atoms with Gasteiger partial charge in [0.2, 0.25) is 15.9 Å². The molecule has 0 saturated heterocycles. The van der Waals surface area contributed by atoms with E-state index in [-0.39, 0.29) is 17.1 Å². The van der Waals surface area contributed by atoms with Crippen molar-refractivity contribution in [2.24, 2.45) is 5.10 Å². The number of amides is 1. The number of aryl methyl sites for hydroxylation is 1. The lowest BCUT2D eigenvalue weighted by Crippen LogP contribution is -2.32. The van der Waals surface area contributed by atoms with Crippen LogP contribution < -0.4 is 10.1 Å². The van der Waals surface area contributed by atoms with Crippen LogP contribution in [0.4, 0.5) is 0 Å². The molecule has 0 radical (unpaired) electrons. The summed E-state index contributed by atoms with van der Waals surface area (Å²) in [5, 5.41) is 13.5. The minimum Gasteiger partial charge on any atom is -0.507 e. The van der Waals surface area contributed by atoms with Gasteiger partial charge in [-0.1, -0.05) is 48.0 Å². The number of phenolic OH excluding ortho intramolecular Hbond substituents is 1. The number of nitrogens with zero attached hydrogens (tertiary/aromatic N) is 1. The van der Waals surface area contributed by atoms with Crippen molar-refractivity contribution in [2.45, 2.75) is 24.3 Å². The molecule has 9 heteroatoms. The van der Waals surface area contributed by atoms with Crippen LogP contribution in [0.15, 0.2) is 87.3 Å². The second-order valence-electron chi connectivity index (χ2n) is 7.11. The van der Waals surface area contributed by atoms with Gasteiger partial charge in [-0.3, -0.25) is 4.79 Å². The van der Waals surface area contributed by atoms with Gasteiger partial charge in [0.25, 0.3) is 0 Å². The summed E-state index contributed by atoms with van der Waals surface area (Å²) < 4.78 is 28.9. The van der Waals surface area contributed by atoms with Crippen molar-refractivity contribution in [1.29, 1.82) is 0 Å². The Balaban J connectivity index is 1.73. The van der Waals surface area contributed by atoms with E-state index >= 15 is 0 Å². The molecule has 0 fully saturated rings. The fraction of sp³-hybridized carbons (Fsp3) is 0.130. The first-order chi connectivity index (χ1) is 15.2. The van der Waals surface area contributed by atoms with E-state index in [0.717, 1.165) is 5.56 Å². The number of nitrogens with one attached hydrogen (secondary N) is 2. The van der Waals surface area contributed by atoms with Gasteiger partial charge in [-0.15, -0.1) is 0 Å². The summed E-state index contributed by atoms with van der Waals surface area (Å²) in [5.74, 6) is -0.364. The second-order valence-corrected chi connectivity index (χ2v) is 9.67. The molecule has 3 rings (SSSR count). The van der Waals surface area contributed by atoms with Crippen LogP contribution in [-0.4, -0.2) is 25.6 Å². The molecule has 0 aliphatic heterocycles. The van der Waals surface area contributed by atoms with Gasteiger partial charge >= 0.3 is 0 Å². The average Bonchev–Trinajstić information content (AvgIpc) is 2.76. The molecule has 1 amide bonds. The van der Waals surface area contributed by atoms with Gasteiger partial charge in [0.1, 0.15) is 5.75 Å². The Morgan fingerprint density at radius 1 is 1.09 bits per heavy atom. The number of benzene rings is 3. The molecular formula is C23H22BrN3O4S. The van der Waals surface area contributed by atoms with Gasteiger partial charge in [0, 0.05) is 6.42 Å². The Bertz CT molecular complexity index is 1210. The van der Waals surface area contributed by atoms with Crippen LogP contribution in [-0.2, 0) is 14.8 Å². The summed E-state index contributed by atoms with van der Waals surface area (Å²) in [6.07, 6.45) is 1.28. The van der Waals surface area contributed by atoms with Crippen molar-refractivity contribution < 1.29 is 18.3 Å². The van der Waals surface area contributed by atoms with Crippen LogP contribution in [0.5, 0.6) is 5.75 Å². The number of rotatable bonds is 8. The monoisotopic (exact) mass is 515 g/mol. The first-order valence-electron chi connectivity index (χ1n) is 9.69. The Morgan fingerprint density at radius 3 is 2.44 bits per heavy atom. The Kier molecular flexibility index (Phi) is 7.79. The molecular weight excluding hydrogens is 494 g/mol. The standard InChI is InChI=1S/C23H22BrN3O4S/c1-16-7-10-19(11-8-16)32(30,31)27-21(18-5-3-2-4-6-18)14-23(29)26-25-15-17-9-12-22(28)20(24)13-17/h2-13,15,21,27-28H,14H2,1H3,(H,26,29)/b25-15+. The van der Waals surface area contributed by atoms with Gasteiger partial charge in [0.05, 0.1) is 21.6 Å². The summed E-state index contributed by atoms with van der Waals surface area (Å²) >= 11 is 3.21. The van der Waals surface area contributed by atoms with Crippen molar-refractivity contribution in [2.75, 3.05) is 0 Å².